The summed E-state index contributed by atoms with van der Waals surface area (Å²) in [5, 5.41) is 5.04. The van der Waals surface area contributed by atoms with Crippen LogP contribution in [-0.4, -0.2) is 50.4 Å². The molecule has 0 aliphatic carbocycles. The maximum atomic E-state index is 11.1. The molecule has 0 heterocycles. The summed E-state index contributed by atoms with van der Waals surface area (Å²) >= 11 is 0. The Balaban J connectivity index is 3.57. The van der Waals surface area contributed by atoms with Gasteiger partial charge in [0.2, 0.25) is 0 Å². The van der Waals surface area contributed by atoms with E-state index in [1.165, 1.54) is 0 Å². The summed E-state index contributed by atoms with van der Waals surface area (Å²) in [4.78, 5) is 24.1. The van der Waals surface area contributed by atoms with Gasteiger partial charge in [0.05, 0.1) is 0 Å². The first-order valence-electron chi connectivity index (χ1n) is 4.78. The van der Waals surface area contributed by atoms with Crippen molar-refractivity contribution in [2.45, 2.75) is 13.3 Å². The van der Waals surface area contributed by atoms with Gasteiger partial charge in [-0.25, -0.2) is 0 Å². The van der Waals surface area contributed by atoms with Crippen molar-refractivity contribution in [3.63, 3.8) is 0 Å². The number of carbonyl (C=O) groups excluding carboxylic acids is 2. The van der Waals surface area contributed by atoms with Gasteiger partial charge in [0.1, 0.15) is 0 Å². The molecule has 2 amide bonds. The van der Waals surface area contributed by atoms with Crippen LogP contribution < -0.4 is 10.6 Å². The Bertz CT molecular complexity index is 192. The third-order valence-electron chi connectivity index (χ3n) is 1.59. The van der Waals surface area contributed by atoms with Gasteiger partial charge in [0, 0.05) is 19.6 Å². The average Bonchev–Trinajstić information content (AvgIpc) is 2.13. The average molecular weight is 201 g/mol. The first-order valence-corrected chi connectivity index (χ1v) is 4.78. The Morgan fingerprint density at radius 3 is 2.00 bits per heavy atom. The van der Waals surface area contributed by atoms with E-state index in [9.17, 15) is 9.59 Å². The van der Waals surface area contributed by atoms with Crippen LogP contribution in [0.15, 0.2) is 0 Å². The molecule has 0 spiro atoms. The van der Waals surface area contributed by atoms with E-state index in [0.717, 1.165) is 13.0 Å². The van der Waals surface area contributed by atoms with E-state index in [1.54, 1.807) is 0 Å². The molecule has 0 atom stereocenters. The monoisotopic (exact) mass is 201 g/mol. The maximum Gasteiger partial charge on any atom is 0.309 e. The first kappa shape index (κ1) is 12.9. The molecule has 2 N–H and O–H groups in total. The molecule has 82 valence electrons. The molecular formula is C9H19N3O2. The van der Waals surface area contributed by atoms with Gasteiger partial charge >= 0.3 is 11.8 Å². The van der Waals surface area contributed by atoms with E-state index in [0.29, 0.717) is 13.1 Å². The maximum absolute atomic E-state index is 11.1. The summed E-state index contributed by atoms with van der Waals surface area (Å²) in [5.74, 6) is -1.11. The normalized spacial score (nSPS) is 10.0. The number of nitrogens with zero attached hydrogens (tertiary/aromatic N) is 1. The molecule has 0 aromatic heterocycles. The summed E-state index contributed by atoms with van der Waals surface area (Å²) in [6.07, 6.45) is 0.830. The molecule has 0 fully saturated rings. The first-order chi connectivity index (χ1) is 6.57. The van der Waals surface area contributed by atoms with Crippen molar-refractivity contribution in [2.75, 3.05) is 33.7 Å². The number of rotatable bonds is 5. The molecule has 0 bridgehead atoms. The van der Waals surface area contributed by atoms with Crippen LogP contribution in [0.5, 0.6) is 0 Å². The second kappa shape index (κ2) is 7.32. The van der Waals surface area contributed by atoms with Crippen LogP contribution in [0.2, 0.25) is 0 Å². The molecule has 0 rings (SSSR count). The Morgan fingerprint density at radius 1 is 1.07 bits per heavy atom. The van der Waals surface area contributed by atoms with Crippen LogP contribution in [0.4, 0.5) is 0 Å². The highest BCUT2D eigenvalue weighted by atomic mass is 16.2. The van der Waals surface area contributed by atoms with E-state index in [2.05, 4.69) is 10.6 Å². The van der Waals surface area contributed by atoms with Gasteiger partial charge in [0.15, 0.2) is 0 Å². The van der Waals surface area contributed by atoms with E-state index in [4.69, 9.17) is 0 Å². The van der Waals surface area contributed by atoms with Crippen LogP contribution in [0.3, 0.4) is 0 Å². The minimum Gasteiger partial charge on any atom is -0.348 e. The lowest BCUT2D eigenvalue weighted by Gasteiger charge is -2.10. The van der Waals surface area contributed by atoms with Gasteiger partial charge in [-0.15, -0.1) is 0 Å². The van der Waals surface area contributed by atoms with Gasteiger partial charge < -0.3 is 15.5 Å². The van der Waals surface area contributed by atoms with Gasteiger partial charge in [-0.05, 0) is 20.5 Å². The molecule has 5 nitrogen and oxygen atoms in total. The number of nitrogens with one attached hydrogen (secondary N) is 2. The smallest absolute Gasteiger partial charge is 0.309 e. The molecule has 0 aromatic carbocycles. The predicted octanol–water partition coefficient (Wildman–Crippen LogP) is -0.810. The number of likely N-dealkylation sites (N-methyl/N-ethyl adjacent to an activating group) is 1. The second-order valence-electron chi connectivity index (χ2n) is 3.32. The van der Waals surface area contributed by atoms with Crippen molar-refractivity contribution in [1.82, 2.24) is 15.5 Å². The lowest BCUT2D eigenvalue weighted by molar-refractivity contribution is -0.139. The highest BCUT2D eigenvalue weighted by Gasteiger charge is 2.10. The van der Waals surface area contributed by atoms with Crippen LogP contribution in [-0.2, 0) is 9.59 Å². The van der Waals surface area contributed by atoms with Gasteiger partial charge in [-0.1, -0.05) is 6.92 Å². The minimum absolute atomic E-state index is 0.491. The summed E-state index contributed by atoms with van der Waals surface area (Å²) < 4.78 is 0. The molecule has 0 radical (unpaired) electrons. The molecule has 0 unspecified atom stereocenters. The van der Waals surface area contributed by atoms with Gasteiger partial charge in [-0.2, -0.15) is 0 Å². The van der Waals surface area contributed by atoms with Gasteiger partial charge in [-0.3, -0.25) is 9.59 Å². The summed E-state index contributed by atoms with van der Waals surface area (Å²) in [7, 11) is 3.81. The van der Waals surface area contributed by atoms with Crippen LogP contribution >= 0.6 is 0 Å². The van der Waals surface area contributed by atoms with Crippen molar-refractivity contribution in [3.8, 4) is 0 Å². The summed E-state index contributed by atoms with van der Waals surface area (Å²) in [6.45, 7) is 3.70. The van der Waals surface area contributed by atoms with E-state index in [-0.39, 0.29) is 0 Å². The zero-order valence-corrected chi connectivity index (χ0v) is 9.09. The van der Waals surface area contributed by atoms with Crippen molar-refractivity contribution >= 4 is 11.8 Å². The Hall–Kier alpha value is -1.10. The fraction of sp³-hybridized carbons (Fsp3) is 0.778. The number of hydrogen-bond acceptors (Lipinski definition) is 3. The highest BCUT2D eigenvalue weighted by molar-refractivity contribution is 6.35. The van der Waals surface area contributed by atoms with Crippen LogP contribution in [0, 0.1) is 0 Å². The largest absolute Gasteiger partial charge is 0.348 e. The number of hydrogen-bond donors (Lipinski definition) is 2. The van der Waals surface area contributed by atoms with Crippen molar-refractivity contribution < 1.29 is 9.59 Å². The SMILES string of the molecule is CCCNC(=O)C(=O)NCCN(C)C. The van der Waals surface area contributed by atoms with Crippen LogP contribution in [0.1, 0.15) is 13.3 Å². The van der Waals surface area contributed by atoms with Crippen molar-refractivity contribution in [1.29, 1.82) is 0 Å². The van der Waals surface area contributed by atoms with E-state index >= 15 is 0 Å². The highest BCUT2D eigenvalue weighted by Crippen LogP contribution is 1.75. The van der Waals surface area contributed by atoms with Crippen molar-refractivity contribution in [2.24, 2.45) is 0 Å². The molecule has 14 heavy (non-hydrogen) atoms. The molecular weight excluding hydrogens is 182 g/mol. The lowest BCUT2D eigenvalue weighted by Crippen LogP contribution is -2.42. The standard InChI is InChI=1S/C9H19N3O2/c1-4-5-10-8(13)9(14)11-6-7-12(2)3/h4-7H2,1-3H3,(H,10,13)(H,11,14). The Kier molecular flexibility index (Phi) is 6.74. The van der Waals surface area contributed by atoms with Gasteiger partial charge in [0.25, 0.3) is 0 Å². The zero-order valence-electron chi connectivity index (χ0n) is 9.09. The Labute approximate surface area is 84.8 Å². The third kappa shape index (κ3) is 6.42. The van der Waals surface area contributed by atoms with E-state index < -0.39 is 11.8 Å². The minimum atomic E-state index is -0.555. The quantitative estimate of drug-likeness (QED) is 0.572. The third-order valence-corrected chi connectivity index (χ3v) is 1.59. The lowest BCUT2D eigenvalue weighted by atomic mass is 10.4. The topological polar surface area (TPSA) is 61.4 Å². The fourth-order valence-corrected chi connectivity index (χ4v) is 0.792. The molecule has 0 aliphatic rings. The number of carbonyl (C=O) groups is 2. The fourth-order valence-electron chi connectivity index (χ4n) is 0.792. The molecule has 0 saturated carbocycles. The summed E-state index contributed by atoms with van der Waals surface area (Å²) in [6, 6.07) is 0. The molecule has 5 heteroatoms. The predicted molar refractivity (Wildman–Crippen MR) is 54.9 cm³/mol. The Morgan fingerprint density at radius 2 is 1.57 bits per heavy atom. The van der Waals surface area contributed by atoms with Crippen molar-refractivity contribution in [3.05, 3.63) is 0 Å². The number of amides is 2. The summed E-state index contributed by atoms with van der Waals surface area (Å²) in [5.41, 5.74) is 0. The molecule has 0 aromatic rings. The molecule has 0 saturated heterocycles. The van der Waals surface area contributed by atoms with Crippen LogP contribution in [0.25, 0.3) is 0 Å². The van der Waals surface area contributed by atoms with E-state index in [1.807, 2.05) is 25.9 Å². The second-order valence-corrected chi connectivity index (χ2v) is 3.32. The zero-order chi connectivity index (χ0) is 11.0. The molecule has 0 aliphatic heterocycles.